The van der Waals surface area contributed by atoms with Crippen LogP contribution in [0.3, 0.4) is 0 Å². The molecular weight excluding hydrogens is 380 g/mol. The van der Waals surface area contributed by atoms with Crippen molar-refractivity contribution in [3.05, 3.63) is 64.5 Å². The summed E-state index contributed by atoms with van der Waals surface area (Å²) in [5.41, 5.74) is 1.74. The van der Waals surface area contributed by atoms with Crippen LogP contribution in [0.15, 0.2) is 53.8 Å². The van der Waals surface area contributed by atoms with Crippen LogP contribution in [-0.2, 0) is 5.41 Å². The van der Waals surface area contributed by atoms with Crippen molar-refractivity contribution in [1.82, 2.24) is 4.98 Å². The summed E-state index contributed by atoms with van der Waals surface area (Å²) in [4.78, 5) is 22.4. The Bertz CT molecular complexity index is 1250. The van der Waals surface area contributed by atoms with Gasteiger partial charge in [0.05, 0.1) is 16.6 Å². The molecule has 2 spiro atoms. The van der Waals surface area contributed by atoms with Crippen LogP contribution in [0.1, 0.15) is 31.2 Å². The van der Waals surface area contributed by atoms with Crippen molar-refractivity contribution in [3.8, 4) is 5.75 Å². The summed E-state index contributed by atoms with van der Waals surface area (Å²) in [6.45, 7) is 0. The maximum Gasteiger partial charge on any atom is 0.269 e. The molecule has 1 aliphatic carbocycles. The molecule has 2 aliphatic heterocycles. The third kappa shape index (κ3) is 1.99. The number of aliphatic imine (C=N–C) groups is 1. The van der Waals surface area contributed by atoms with E-state index in [2.05, 4.69) is 9.88 Å². The quantitative estimate of drug-likeness (QED) is 0.429. The molecule has 6 rings (SSSR count). The Hall–Kier alpha value is -3.48. The van der Waals surface area contributed by atoms with Crippen molar-refractivity contribution in [2.45, 2.75) is 36.8 Å². The number of benzene rings is 2. The minimum Gasteiger partial charge on any atom is -0.459 e. The lowest BCUT2D eigenvalue weighted by Crippen LogP contribution is -2.62. The average molecular weight is 400 g/mol. The van der Waals surface area contributed by atoms with Crippen molar-refractivity contribution in [2.24, 2.45) is 4.99 Å². The van der Waals surface area contributed by atoms with Crippen molar-refractivity contribution < 1.29 is 9.66 Å². The first kappa shape index (κ1) is 17.4. The minimum atomic E-state index is -0.797. The zero-order valence-electron chi connectivity index (χ0n) is 16.5. The molecule has 2 aromatic carbocycles. The van der Waals surface area contributed by atoms with Crippen LogP contribution in [0.5, 0.6) is 5.75 Å². The first-order chi connectivity index (χ1) is 14.6. The van der Waals surface area contributed by atoms with E-state index in [-0.39, 0.29) is 16.0 Å². The highest BCUT2D eigenvalue weighted by Crippen LogP contribution is 2.61. The van der Waals surface area contributed by atoms with Gasteiger partial charge in [-0.25, -0.2) is 0 Å². The smallest absolute Gasteiger partial charge is 0.269 e. The largest absolute Gasteiger partial charge is 0.459 e. The minimum absolute atomic E-state index is 0.122. The van der Waals surface area contributed by atoms with Gasteiger partial charge in [0.25, 0.3) is 5.69 Å². The molecule has 30 heavy (non-hydrogen) atoms. The predicted octanol–water partition coefficient (Wildman–Crippen LogP) is 4.90. The SMILES string of the molecule is CN1c2ccc([N+](=O)[O-])cc2C2(CCCC2)C12C=Nc1c(ccc3cnccc13)O2. The number of ether oxygens (including phenoxy) is 1. The van der Waals surface area contributed by atoms with E-state index in [4.69, 9.17) is 9.73 Å². The fourth-order valence-electron chi connectivity index (χ4n) is 5.68. The first-order valence-corrected chi connectivity index (χ1v) is 10.2. The van der Waals surface area contributed by atoms with Gasteiger partial charge < -0.3 is 9.64 Å². The van der Waals surface area contributed by atoms with Gasteiger partial charge in [-0.2, -0.15) is 0 Å². The van der Waals surface area contributed by atoms with E-state index in [1.807, 2.05) is 43.7 Å². The summed E-state index contributed by atoms with van der Waals surface area (Å²) in [7, 11) is 2.00. The fraction of sp³-hybridized carbons (Fsp3) is 0.304. The van der Waals surface area contributed by atoms with Gasteiger partial charge in [-0.05, 0) is 42.7 Å². The van der Waals surface area contributed by atoms with E-state index in [1.54, 1.807) is 18.3 Å². The highest BCUT2D eigenvalue weighted by Gasteiger charge is 2.64. The molecule has 7 nitrogen and oxygen atoms in total. The summed E-state index contributed by atoms with van der Waals surface area (Å²) in [6.07, 6.45) is 9.44. The van der Waals surface area contributed by atoms with Gasteiger partial charge >= 0.3 is 0 Å². The van der Waals surface area contributed by atoms with Crippen molar-refractivity contribution in [3.63, 3.8) is 0 Å². The monoisotopic (exact) mass is 400 g/mol. The Balaban J connectivity index is 1.57. The number of anilines is 1. The number of aromatic nitrogens is 1. The van der Waals surface area contributed by atoms with E-state index in [1.165, 1.54) is 0 Å². The molecule has 0 radical (unpaired) electrons. The number of nitro groups is 1. The number of rotatable bonds is 1. The molecule has 0 saturated heterocycles. The standard InChI is InChI=1S/C23H20N4O3/c1-26-19-6-5-16(27(28)29)12-18(19)22(9-2-3-10-22)23(26)14-25-21-17-8-11-24-13-15(17)4-7-20(21)30-23/h4-8,11-14H,2-3,9-10H2,1H3. The molecular formula is C23H20N4O3. The zero-order chi connectivity index (χ0) is 20.5. The number of nitro benzene ring substituents is 1. The number of likely N-dealkylation sites (N-methyl/N-ethyl adjacent to an activating group) is 1. The van der Waals surface area contributed by atoms with Crippen molar-refractivity contribution in [2.75, 3.05) is 11.9 Å². The third-order valence-electron chi connectivity index (χ3n) is 7.10. The lowest BCUT2D eigenvalue weighted by atomic mass is 9.72. The number of pyridine rings is 1. The highest BCUT2D eigenvalue weighted by molar-refractivity contribution is 5.99. The predicted molar refractivity (Wildman–Crippen MR) is 115 cm³/mol. The molecule has 3 aromatic rings. The fourth-order valence-corrected chi connectivity index (χ4v) is 5.68. The van der Waals surface area contributed by atoms with E-state index in [0.29, 0.717) is 0 Å². The molecule has 0 amide bonds. The van der Waals surface area contributed by atoms with Gasteiger partial charge in [-0.1, -0.05) is 12.8 Å². The molecule has 3 aliphatic rings. The average Bonchev–Trinajstić information content (AvgIpc) is 3.34. The maximum absolute atomic E-state index is 11.5. The second-order valence-corrected chi connectivity index (χ2v) is 8.37. The Labute approximate surface area is 173 Å². The molecule has 0 N–H and O–H groups in total. The number of non-ortho nitro benzene ring substituents is 1. The summed E-state index contributed by atoms with van der Waals surface area (Å²) >= 11 is 0. The van der Waals surface area contributed by atoms with Gasteiger partial charge in [0.15, 0.2) is 0 Å². The maximum atomic E-state index is 11.5. The third-order valence-corrected chi connectivity index (χ3v) is 7.10. The molecule has 7 heteroatoms. The second kappa shape index (κ2) is 5.78. The summed E-state index contributed by atoms with van der Waals surface area (Å²) in [6, 6.07) is 11.1. The highest BCUT2D eigenvalue weighted by atomic mass is 16.6. The van der Waals surface area contributed by atoms with Gasteiger partial charge in [0.2, 0.25) is 5.72 Å². The van der Waals surface area contributed by atoms with E-state index in [0.717, 1.165) is 59.1 Å². The topological polar surface area (TPSA) is 80.9 Å². The molecule has 1 unspecified atom stereocenters. The molecule has 3 heterocycles. The Morgan fingerprint density at radius 1 is 1.17 bits per heavy atom. The van der Waals surface area contributed by atoms with E-state index >= 15 is 0 Å². The van der Waals surface area contributed by atoms with Gasteiger partial charge in [-0.15, -0.1) is 0 Å². The second-order valence-electron chi connectivity index (χ2n) is 8.37. The summed E-state index contributed by atoms with van der Waals surface area (Å²) in [5.74, 6) is 0.733. The van der Waals surface area contributed by atoms with Crippen molar-refractivity contribution >= 4 is 34.0 Å². The van der Waals surface area contributed by atoms with Crippen LogP contribution < -0.4 is 9.64 Å². The molecule has 1 fully saturated rings. The van der Waals surface area contributed by atoms with Gasteiger partial charge in [0, 0.05) is 48.0 Å². The molecule has 1 atom stereocenters. The van der Waals surface area contributed by atoms with Crippen LogP contribution in [0.2, 0.25) is 0 Å². The Morgan fingerprint density at radius 2 is 2.00 bits per heavy atom. The number of hydrogen-bond acceptors (Lipinski definition) is 6. The number of hydrogen-bond donors (Lipinski definition) is 0. The van der Waals surface area contributed by atoms with Crippen LogP contribution >= 0.6 is 0 Å². The normalized spacial score (nSPS) is 23.0. The molecule has 0 bridgehead atoms. The van der Waals surface area contributed by atoms with E-state index < -0.39 is 5.72 Å². The lowest BCUT2D eigenvalue weighted by Gasteiger charge is -2.46. The Kier molecular flexibility index (Phi) is 3.35. The van der Waals surface area contributed by atoms with Gasteiger partial charge in [-0.3, -0.25) is 20.1 Å². The van der Waals surface area contributed by atoms with Crippen LogP contribution in [-0.4, -0.2) is 28.9 Å². The van der Waals surface area contributed by atoms with Crippen LogP contribution in [0, 0.1) is 10.1 Å². The number of fused-ring (bicyclic) bond motifs is 6. The summed E-state index contributed by atoms with van der Waals surface area (Å²) in [5, 5.41) is 13.5. The zero-order valence-corrected chi connectivity index (χ0v) is 16.5. The van der Waals surface area contributed by atoms with Crippen LogP contribution in [0.4, 0.5) is 17.1 Å². The van der Waals surface area contributed by atoms with E-state index in [9.17, 15) is 10.1 Å². The lowest BCUT2D eigenvalue weighted by molar-refractivity contribution is -0.384. The first-order valence-electron chi connectivity index (χ1n) is 10.2. The molecule has 1 saturated carbocycles. The van der Waals surface area contributed by atoms with Crippen molar-refractivity contribution in [1.29, 1.82) is 0 Å². The molecule has 150 valence electrons. The number of nitrogens with zero attached hydrogens (tertiary/aromatic N) is 4. The summed E-state index contributed by atoms with van der Waals surface area (Å²) < 4.78 is 6.81. The van der Waals surface area contributed by atoms with Gasteiger partial charge in [0.1, 0.15) is 11.4 Å². The Morgan fingerprint density at radius 3 is 2.80 bits per heavy atom. The van der Waals surface area contributed by atoms with Crippen LogP contribution in [0.25, 0.3) is 10.8 Å². The molecule has 1 aromatic heterocycles.